The van der Waals surface area contributed by atoms with Crippen LogP contribution in [-0.4, -0.2) is 11.1 Å². The van der Waals surface area contributed by atoms with Crippen LogP contribution in [0.1, 0.15) is 30.4 Å². The lowest BCUT2D eigenvalue weighted by atomic mass is 10.0. The number of allylic oxidation sites excluding steroid dienone is 1. The van der Waals surface area contributed by atoms with Crippen LogP contribution in [0, 0.1) is 0 Å². The second-order valence-electron chi connectivity index (χ2n) is 4.32. The minimum absolute atomic E-state index is 0.122. The van der Waals surface area contributed by atoms with Gasteiger partial charge in [0.05, 0.1) is 6.61 Å². The number of hydrogen-bond acceptors (Lipinski definition) is 2. The predicted octanol–water partition coefficient (Wildman–Crippen LogP) is 2.38. The van der Waals surface area contributed by atoms with E-state index in [2.05, 4.69) is 29.6 Å². The van der Waals surface area contributed by atoms with Gasteiger partial charge in [-0.25, -0.2) is 0 Å². The molecule has 0 fully saturated rings. The van der Waals surface area contributed by atoms with Crippen LogP contribution in [0.15, 0.2) is 36.4 Å². The highest BCUT2D eigenvalue weighted by Crippen LogP contribution is 2.11. The molecule has 2 heteroatoms. The summed E-state index contributed by atoms with van der Waals surface area (Å²) in [6.07, 6.45) is 8.25. The third-order valence-corrected chi connectivity index (χ3v) is 3.00. The molecule has 0 bridgehead atoms. The summed E-state index contributed by atoms with van der Waals surface area (Å²) in [6.45, 7) is 1.00. The Labute approximate surface area is 97.0 Å². The molecule has 0 radical (unpaired) electrons. The molecule has 0 amide bonds. The Bertz CT molecular complexity index is 360. The summed E-state index contributed by atoms with van der Waals surface area (Å²) < 4.78 is 0. The maximum atomic E-state index is 9.05. The summed E-state index contributed by atoms with van der Waals surface area (Å²) in [5.74, 6) is 0. The zero-order chi connectivity index (χ0) is 11.2. The van der Waals surface area contributed by atoms with Crippen LogP contribution in [0.25, 0.3) is 0 Å². The highest BCUT2D eigenvalue weighted by molar-refractivity contribution is 5.23. The van der Waals surface area contributed by atoms with E-state index < -0.39 is 0 Å². The van der Waals surface area contributed by atoms with Crippen molar-refractivity contribution < 1.29 is 5.11 Å². The standard InChI is InChI=1S/C14H19NO/c16-11-13-6-4-5-12(9-13)10-15-14-7-2-1-3-8-14/h2,4-7,9,14-16H,1,3,8,10-11H2. The Hall–Kier alpha value is -1.12. The fraction of sp³-hybridized carbons (Fsp3) is 0.429. The van der Waals surface area contributed by atoms with E-state index >= 15 is 0 Å². The Morgan fingerprint density at radius 2 is 2.19 bits per heavy atom. The van der Waals surface area contributed by atoms with Gasteiger partial charge in [0.1, 0.15) is 0 Å². The second kappa shape index (κ2) is 5.83. The molecule has 0 saturated carbocycles. The van der Waals surface area contributed by atoms with Crippen molar-refractivity contribution >= 4 is 0 Å². The van der Waals surface area contributed by atoms with E-state index in [-0.39, 0.29) is 6.61 Å². The van der Waals surface area contributed by atoms with Crippen LogP contribution < -0.4 is 5.32 Å². The fourth-order valence-electron chi connectivity index (χ4n) is 2.07. The van der Waals surface area contributed by atoms with E-state index in [0.29, 0.717) is 6.04 Å². The van der Waals surface area contributed by atoms with Crippen molar-refractivity contribution in [2.45, 2.75) is 38.5 Å². The molecule has 1 aromatic carbocycles. The van der Waals surface area contributed by atoms with E-state index in [4.69, 9.17) is 5.11 Å². The fourth-order valence-corrected chi connectivity index (χ4v) is 2.07. The van der Waals surface area contributed by atoms with E-state index in [9.17, 15) is 0 Å². The van der Waals surface area contributed by atoms with E-state index in [1.807, 2.05) is 12.1 Å². The number of rotatable bonds is 4. The highest BCUT2D eigenvalue weighted by atomic mass is 16.3. The lowest BCUT2D eigenvalue weighted by Gasteiger charge is -2.18. The summed E-state index contributed by atoms with van der Waals surface area (Å²) in [6, 6.07) is 8.62. The first-order valence-electron chi connectivity index (χ1n) is 5.97. The molecule has 86 valence electrons. The molecular weight excluding hydrogens is 198 g/mol. The van der Waals surface area contributed by atoms with E-state index in [0.717, 1.165) is 12.1 Å². The summed E-state index contributed by atoms with van der Waals surface area (Å²) in [5.41, 5.74) is 2.23. The summed E-state index contributed by atoms with van der Waals surface area (Å²) in [4.78, 5) is 0. The molecule has 1 atom stereocenters. The van der Waals surface area contributed by atoms with Crippen LogP contribution in [-0.2, 0) is 13.2 Å². The molecule has 0 spiro atoms. The Morgan fingerprint density at radius 1 is 1.31 bits per heavy atom. The molecule has 0 heterocycles. The highest BCUT2D eigenvalue weighted by Gasteiger charge is 2.07. The van der Waals surface area contributed by atoms with Gasteiger partial charge in [0, 0.05) is 12.6 Å². The van der Waals surface area contributed by atoms with Crippen LogP contribution in [0.3, 0.4) is 0 Å². The van der Waals surface area contributed by atoms with E-state index in [1.165, 1.54) is 24.8 Å². The minimum atomic E-state index is 0.122. The first-order chi connectivity index (χ1) is 7.88. The molecule has 2 N–H and O–H groups in total. The largest absolute Gasteiger partial charge is 0.392 e. The van der Waals surface area contributed by atoms with Crippen molar-refractivity contribution in [3.8, 4) is 0 Å². The minimum Gasteiger partial charge on any atom is -0.392 e. The average molecular weight is 217 g/mol. The van der Waals surface area contributed by atoms with Gasteiger partial charge in [-0.1, -0.05) is 36.4 Å². The normalized spacial score (nSPS) is 19.9. The van der Waals surface area contributed by atoms with Crippen LogP contribution in [0.4, 0.5) is 0 Å². The molecule has 1 aliphatic carbocycles. The van der Waals surface area contributed by atoms with Crippen LogP contribution >= 0.6 is 0 Å². The molecule has 16 heavy (non-hydrogen) atoms. The zero-order valence-corrected chi connectivity index (χ0v) is 9.52. The maximum absolute atomic E-state index is 9.05. The topological polar surface area (TPSA) is 32.3 Å². The van der Waals surface area contributed by atoms with Gasteiger partial charge >= 0.3 is 0 Å². The van der Waals surface area contributed by atoms with Gasteiger partial charge in [-0.2, -0.15) is 0 Å². The second-order valence-corrected chi connectivity index (χ2v) is 4.32. The molecule has 1 aromatic rings. The van der Waals surface area contributed by atoms with E-state index in [1.54, 1.807) is 0 Å². The van der Waals surface area contributed by atoms with Gasteiger partial charge in [0.2, 0.25) is 0 Å². The third-order valence-electron chi connectivity index (χ3n) is 3.00. The van der Waals surface area contributed by atoms with Crippen LogP contribution in [0.5, 0.6) is 0 Å². The van der Waals surface area contributed by atoms with Crippen molar-refractivity contribution in [1.29, 1.82) is 0 Å². The number of aliphatic hydroxyl groups excluding tert-OH is 1. The lowest BCUT2D eigenvalue weighted by Crippen LogP contribution is -2.27. The molecule has 0 saturated heterocycles. The van der Waals surface area contributed by atoms with Gasteiger partial charge in [0.25, 0.3) is 0 Å². The van der Waals surface area contributed by atoms with Gasteiger partial charge in [-0.05, 0) is 30.4 Å². The van der Waals surface area contributed by atoms with Crippen molar-refractivity contribution in [3.05, 3.63) is 47.5 Å². The van der Waals surface area contributed by atoms with Crippen molar-refractivity contribution in [3.63, 3.8) is 0 Å². The molecular formula is C14H19NO. The smallest absolute Gasteiger partial charge is 0.0681 e. The number of hydrogen-bond donors (Lipinski definition) is 2. The monoisotopic (exact) mass is 217 g/mol. The maximum Gasteiger partial charge on any atom is 0.0681 e. The molecule has 0 aliphatic heterocycles. The molecule has 1 unspecified atom stereocenters. The van der Waals surface area contributed by atoms with Gasteiger partial charge < -0.3 is 10.4 Å². The quantitative estimate of drug-likeness (QED) is 0.759. The Kier molecular flexibility index (Phi) is 4.14. The van der Waals surface area contributed by atoms with Crippen LogP contribution in [0.2, 0.25) is 0 Å². The lowest BCUT2D eigenvalue weighted by molar-refractivity contribution is 0.281. The van der Waals surface area contributed by atoms with Gasteiger partial charge in [0.15, 0.2) is 0 Å². The number of aliphatic hydroxyl groups is 1. The van der Waals surface area contributed by atoms with Gasteiger partial charge in [-0.15, -0.1) is 0 Å². The molecule has 2 rings (SSSR count). The molecule has 0 aromatic heterocycles. The predicted molar refractivity (Wildman–Crippen MR) is 66.0 cm³/mol. The van der Waals surface area contributed by atoms with Crippen molar-refractivity contribution in [1.82, 2.24) is 5.32 Å². The number of benzene rings is 1. The average Bonchev–Trinajstić information content (AvgIpc) is 2.38. The SMILES string of the molecule is OCc1cccc(CNC2C=CCCC2)c1. The molecule has 1 aliphatic rings. The zero-order valence-electron chi connectivity index (χ0n) is 9.52. The van der Waals surface area contributed by atoms with Gasteiger partial charge in [-0.3, -0.25) is 0 Å². The van der Waals surface area contributed by atoms with Crippen molar-refractivity contribution in [2.24, 2.45) is 0 Å². The first-order valence-corrected chi connectivity index (χ1v) is 5.97. The van der Waals surface area contributed by atoms with Crippen molar-refractivity contribution in [2.75, 3.05) is 0 Å². The third kappa shape index (κ3) is 3.19. The molecule has 2 nitrogen and oxygen atoms in total. The number of nitrogens with one attached hydrogen (secondary N) is 1. The Balaban J connectivity index is 1.88. The Morgan fingerprint density at radius 3 is 2.94 bits per heavy atom. The first kappa shape index (κ1) is 11.4. The summed E-state index contributed by atoms with van der Waals surface area (Å²) in [5, 5.41) is 12.6. The summed E-state index contributed by atoms with van der Waals surface area (Å²) in [7, 11) is 0. The summed E-state index contributed by atoms with van der Waals surface area (Å²) >= 11 is 0.